The van der Waals surface area contributed by atoms with Gasteiger partial charge in [0, 0.05) is 4.47 Å². The van der Waals surface area contributed by atoms with Gasteiger partial charge in [0.05, 0.1) is 30.7 Å². The minimum Gasteiger partial charge on any atom is -0.497 e. The van der Waals surface area contributed by atoms with Gasteiger partial charge in [0.1, 0.15) is 35.6 Å². The SMILES string of the molecule is COc1ccc(C(OC[C@@H](COS(=O)(=O)c2ccc(C)cc2)Oc2ccc(Br)cc2Cl)(c2ccccc2)c2ccc(OC)cc2)cc1. The van der Waals surface area contributed by atoms with Gasteiger partial charge in [0.25, 0.3) is 10.1 Å². The van der Waals surface area contributed by atoms with Crippen molar-refractivity contribution in [2.24, 2.45) is 0 Å². The molecule has 0 N–H and O–H groups in total. The molecule has 0 radical (unpaired) electrons. The molecule has 0 aliphatic carbocycles. The summed E-state index contributed by atoms with van der Waals surface area (Å²) in [4.78, 5) is 0.0412. The maximum Gasteiger partial charge on any atom is 0.297 e. The Kier molecular flexibility index (Phi) is 11.3. The van der Waals surface area contributed by atoms with Crippen LogP contribution in [-0.2, 0) is 24.6 Å². The van der Waals surface area contributed by atoms with Gasteiger partial charge in [-0.15, -0.1) is 0 Å². The molecule has 7 nitrogen and oxygen atoms in total. The summed E-state index contributed by atoms with van der Waals surface area (Å²) in [7, 11) is -0.890. The lowest BCUT2D eigenvalue weighted by Gasteiger charge is -2.37. The molecule has 5 rings (SSSR count). The summed E-state index contributed by atoms with van der Waals surface area (Å²) in [6, 6.07) is 36.6. The van der Waals surface area contributed by atoms with Crippen molar-refractivity contribution in [3.05, 3.63) is 153 Å². The van der Waals surface area contributed by atoms with E-state index in [2.05, 4.69) is 15.9 Å². The third-order valence-corrected chi connectivity index (χ3v) is 9.65. The lowest BCUT2D eigenvalue weighted by Crippen LogP contribution is -2.39. The Labute approximate surface area is 289 Å². The van der Waals surface area contributed by atoms with E-state index in [0.29, 0.717) is 22.3 Å². The molecule has 0 aromatic heterocycles. The van der Waals surface area contributed by atoms with E-state index in [1.165, 1.54) is 12.1 Å². The molecule has 1 atom stereocenters. The Morgan fingerprint density at radius 1 is 0.723 bits per heavy atom. The second kappa shape index (κ2) is 15.4. The van der Waals surface area contributed by atoms with Crippen LogP contribution in [0.2, 0.25) is 5.02 Å². The van der Waals surface area contributed by atoms with Crippen molar-refractivity contribution in [2.75, 3.05) is 27.4 Å². The van der Waals surface area contributed by atoms with Gasteiger partial charge in [-0.25, -0.2) is 0 Å². The van der Waals surface area contributed by atoms with Crippen molar-refractivity contribution in [3.63, 3.8) is 0 Å². The van der Waals surface area contributed by atoms with Gasteiger partial charge in [0.15, 0.2) is 0 Å². The van der Waals surface area contributed by atoms with Crippen LogP contribution in [0.25, 0.3) is 0 Å². The molecule has 0 fully saturated rings. The van der Waals surface area contributed by atoms with E-state index in [4.69, 9.17) is 34.7 Å². The highest BCUT2D eigenvalue weighted by atomic mass is 79.9. The summed E-state index contributed by atoms with van der Waals surface area (Å²) in [5, 5.41) is 0.338. The molecule has 0 aliphatic rings. The Balaban J connectivity index is 1.57. The van der Waals surface area contributed by atoms with Crippen molar-refractivity contribution in [2.45, 2.75) is 23.5 Å². The summed E-state index contributed by atoms with van der Waals surface area (Å²) >= 11 is 9.95. The fourth-order valence-electron chi connectivity index (χ4n) is 5.10. The van der Waals surface area contributed by atoms with Crippen molar-refractivity contribution >= 4 is 37.6 Å². The standard InChI is InChI=1S/C37H34BrClO7S/c1-26-9-20-34(21-10-26)47(40,41)45-25-33(46-36-22-15-30(38)23-35(36)39)24-44-37(27-7-5-4-6-8-27,28-11-16-31(42-2)17-12-28)29-13-18-32(43-3)19-14-29/h4-23,33H,24-25H2,1-3H3/t33-/m0/s1. The van der Waals surface area contributed by atoms with Crippen molar-refractivity contribution < 1.29 is 31.5 Å². The van der Waals surface area contributed by atoms with Crippen LogP contribution < -0.4 is 14.2 Å². The predicted octanol–water partition coefficient (Wildman–Crippen LogP) is 8.59. The topological polar surface area (TPSA) is 80.3 Å². The average Bonchev–Trinajstić information content (AvgIpc) is 3.09. The van der Waals surface area contributed by atoms with Crippen molar-refractivity contribution in [1.82, 2.24) is 0 Å². The van der Waals surface area contributed by atoms with E-state index >= 15 is 0 Å². The number of aryl methyl sites for hydroxylation is 1. The van der Waals surface area contributed by atoms with Crippen LogP contribution in [0.5, 0.6) is 17.2 Å². The number of halogens is 2. The lowest BCUT2D eigenvalue weighted by atomic mass is 9.80. The van der Waals surface area contributed by atoms with Crippen LogP contribution >= 0.6 is 27.5 Å². The van der Waals surface area contributed by atoms with Crippen LogP contribution in [0.1, 0.15) is 22.3 Å². The van der Waals surface area contributed by atoms with Crippen LogP contribution in [0.3, 0.4) is 0 Å². The fourth-order valence-corrected chi connectivity index (χ4v) is 6.75. The van der Waals surface area contributed by atoms with Crippen LogP contribution in [0.15, 0.2) is 131 Å². The zero-order valence-electron chi connectivity index (χ0n) is 26.1. The van der Waals surface area contributed by atoms with Crippen molar-refractivity contribution in [1.29, 1.82) is 0 Å². The zero-order chi connectivity index (χ0) is 33.4. The van der Waals surface area contributed by atoms with E-state index in [9.17, 15) is 8.42 Å². The Hall–Kier alpha value is -3.86. The van der Waals surface area contributed by atoms with E-state index < -0.39 is 21.8 Å². The zero-order valence-corrected chi connectivity index (χ0v) is 29.2. The van der Waals surface area contributed by atoms with Crippen LogP contribution in [0.4, 0.5) is 0 Å². The Bertz CT molecular complexity index is 1820. The second-order valence-electron chi connectivity index (χ2n) is 10.7. The van der Waals surface area contributed by atoms with E-state index in [1.807, 2.05) is 85.8 Å². The van der Waals surface area contributed by atoms with Gasteiger partial charge in [-0.2, -0.15) is 8.42 Å². The van der Waals surface area contributed by atoms with Gasteiger partial charge < -0.3 is 18.9 Å². The van der Waals surface area contributed by atoms with Crippen LogP contribution in [-0.4, -0.2) is 42.0 Å². The van der Waals surface area contributed by atoms with Crippen molar-refractivity contribution in [3.8, 4) is 17.2 Å². The minimum atomic E-state index is -4.11. The molecule has 0 bridgehead atoms. The Morgan fingerprint density at radius 3 is 1.81 bits per heavy atom. The molecular weight excluding hydrogens is 704 g/mol. The molecule has 0 unspecified atom stereocenters. The van der Waals surface area contributed by atoms with Gasteiger partial charge in [-0.1, -0.05) is 99.8 Å². The Morgan fingerprint density at radius 2 is 1.28 bits per heavy atom. The third-order valence-electron chi connectivity index (χ3n) is 7.57. The average molecular weight is 738 g/mol. The maximum atomic E-state index is 13.2. The quantitative estimate of drug-likeness (QED) is 0.0835. The highest BCUT2D eigenvalue weighted by molar-refractivity contribution is 9.10. The number of rotatable bonds is 14. The van der Waals surface area contributed by atoms with Gasteiger partial charge >= 0.3 is 0 Å². The normalized spacial score (nSPS) is 12.4. The summed E-state index contributed by atoms with van der Waals surface area (Å²) < 4.78 is 57.0. The molecule has 10 heteroatoms. The highest BCUT2D eigenvalue weighted by Crippen LogP contribution is 2.42. The summed E-state index contributed by atoms with van der Waals surface area (Å²) in [6.07, 6.45) is -0.909. The molecule has 0 heterocycles. The fraction of sp³-hybridized carbons (Fsp3) is 0.189. The number of benzene rings is 5. The molecule has 5 aromatic carbocycles. The molecule has 244 valence electrons. The van der Waals surface area contributed by atoms with Gasteiger partial charge in [-0.05, 0) is 78.2 Å². The largest absolute Gasteiger partial charge is 0.497 e. The molecule has 47 heavy (non-hydrogen) atoms. The van der Waals surface area contributed by atoms with Crippen LogP contribution in [0, 0.1) is 6.92 Å². The molecule has 0 aliphatic heterocycles. The molecular formula is C37H34BrClO7S. The molecule has 0 amide bonds. The predicted molar refractivity (Wildman–Crippen MR) is 186 cm³/mol. The first-order chi connectivity index (χ1) is 22.6. The number of hydrogen-bond donors (Lipinski definition) is 0. The molecule has 0 saturated carbocycles. The maximum absolute atomic E-state index is 13.2. The monoisotopic (exact) mass is 736 g/mol. The number of methoxy groups -OCH3 is 2. The molecule has 0 saturated heterocycles. The first-order valence-electron chi connectivity index (χ1n) is 14.7. The number of hydrogen-bond acceptors (Lipinski definition) is 7. The number of ether oxygens (including phenoxy) is 4. The summed E-state index contributed by atoms with van der Waals surface area (Å²) in [6.45, 7) is 1.44. The highest BCUT2D eigenvalue weighted by Gasteiger charge is 2.39. The van der Waals surface area contributed by atoms with E-state index in [1.54, 1.807) is 44.6 Å². The lowest BCUT2D eigenvalue weighted by molar-refractivity contribution is -0.0405. The first-order valence-corrected chi connectivity index (χ1v) is 17.3. The van der Waals surface area contributed by atoms with Gasteiger partial charge in [0.2, 0.25) is 0 Å². The van der Waals surface area contributed by atoms with E-state index in [0.717, 1.165) is 26.7 Å². The first kappa shape index (κ1) is 34.5. The third kappa shape index (κ3) is 8.17. The minimum absolute atomic E-state index is 0.0412. The smallest absolute Gasteiger partial charge is 0.297 e. The molecule has 5 aromatic rings. The summed E-state index contributed by atoms with van der Waals surface area (Å²) in [5.74, 6) is 1.72. The second-order valence-corrected chi connectivity index (χ2v) is 13.6. The van der Waals surface area contributed by atoms with Gasteiger partial charge in [-0.3, -0.25) is 4.18 Å². The summed E-state index contributed by atoms with van der Waals surface area (Å²) in [5.41, 5.74) is 2.22. The molecule has 0 spiro atoms. The van der Waals surface area contributed by atoms with E-state index in [-0.39, 0.29) is 18.1 Å².